The van der Waals surface area contributed by atoms with Gasteiger partial charge in [-0.1, -0.05) is 36.4 Å². The maximum Gasteiger partial charge on any atom is 0.452 e. The van der Waals surface area contributed by atoms with Crippen molar-refractivity contribution < 1.29 is 37.0 Å². The zero-order valence-electron chi connectivity index (χ0n) is 16.7. The number of carbonyl (C=O) groups excluding carboxylic acids is 2. The van der Waals surface area contributed by atoms with Crippen LogP contribution >= 0.6 is 0 Å². The summed E-state index contributed by atoms with van der Waals surface area (Å²) >= 11 is 0. The molecule has 2 aromatic carbocycles. The zero-order valence-corrected chi connectivity index (χ0v) is 16.7. The first-order valence-electron chi connectivity index (χ1n) is 8.91. The van der Waals surface area contributed by atoms with Crippen molar-refractivity contribution in [2.75, 3.05) is 21.3 Å². The first-order chi connectivity index (χ1) is 14.2. The summed E-state index contributed by atoms with van der Waals surface area (Å²) in [4.78, 5) is 25.4. The summed E-state index contributed by atoms with van der Waals surface area (Å²) in [6.45, 7) is -0.299. The fourth-order valence-electron chi connectivity index (χ4n) is 2.97. The molecule has 1 unspecified atom stereocenters. The molecule has 0 aliphatic rings. The van der Waals surface area contributed by atoms with Gasteiger partial charge in [0.15, 0.2) is 11.5 Å². The standard InChI is InChI=1S/C21H22F3NO5/c1-28-17-10-9-15(12-18(17)29-2)13-25(20(27)30-3)16(19(26)21(22,23)24)11-14-7-5-4-6-8-14/h4-10,12,16H,11,13H2,1-3H3. The molecule has 162 valence electrons. The third kappa shape index (κ3) is 5.65. The maximum atomic E-state index is 13.3. The molecule has 0 bridgehead atoms. The van der Waals surface area contributed by atoms with Gasteiger partial charge in [-0.2, -0.15) is 13.2 Å². The summed E-state index contributed by atoms with van der Waals surface area (Å²) in [7, 11) is 3.89. The number of hydrogen-bond acceptors (Lipinski definition) is 5. The number of ether oxygens (including phenoxy) is 3. The van der Waals surface area contributed by atoms with Crippen LogP contribution in [0.3, 0.4) is 0 Å². The normalized spacial score (nSPS) is 12.1. The third-order valence-corrected chi connectivity index (χ3v) is 4.44. The van der Waals surface area contributed by atoms with Gasteiger partial charge >= 0.3 is 12.3 Å². The second kappa shape index (κ2) is 10.00. The number of halogens is 3. The number of alkyl halides is 3. The van der Waals surface area contributed by atoms with E-state index in [1.54, 1.807) is 42.5 Å². The smallest absolute Gasteiger partial charge is 0.452 e. The predicted octanol–water partition coefficient (Wildman–Crippen LogP) is 4.01. The summed E-state index contributed by atoms with van der Waals surface area (Å²) < 4.78 is 55.0. The Labute approximate surface area is 172 Å². The molecule has 0 saturated carbocycles. The van der Waals surface area contributed by atoms with Crippen molar-refractivity contribution in [1.29, 1.82) is 0 Å². The molecule has 0 aliphatic heterocycles. The lowest BCUT2D eigenvalue weighted by atomic mass is 10.00. The molecule has 0 aliphatic carbocycles. The summed E-state index contributed by atoms with van der Waals surface area (Å²) in [5.74, 6) is -1.28. The van der Waals surface area contributed by atoms with Gasteiger partial charge in [0.25, 0.3) is 5.78 Å². The lowest BCUT2D eigenvalue weighted by molar-refractivity contribution is -0.176. The third-order valence-electron chi connectivity index (χ3n) is 4.44. The molecule has 9 heteroatoms. The van der Waals surface area contributed by atoms with Crippen LogP contribution in [0.5, 0.6) is 11.5 Å². The van der Waals surface area contributed by atoms with Gasteiger partial charge in [-0.3, -0.25) is 9.69 Å². The van der Waals surface area contributed by atoms with E-state index in [0.29, 0.717) is 22.6 Å². The van der Waals surface area contributed by atoms with Gasteiger partial charge in [0.1, 0.15) is 6.04 Å². The second-order valence-electron chi connectivity index (χ2n) is 6.35. The Balaban J connectivity index is 2.45. The van der Waals surface area contributed by atoms with E-state index in [1.807, 2.05) is 0 Å². The highest BCUT2D eigenvalue weighted by Crippen LogP contribution is 2.30. The van der Waals surface area contributed by atoms with E-state index in [2.05, 4.69) is 4.74 Å². The minimum absolute atomic E-state index is 0.299. The first kappa shape index (κ1) is 23.1. The Kier molecular flexibility index (Phi) is 7.68. The predicted molar refractivity (Wildman–Crippen MR) is 102 cm³/mol. The number of ketones is 1. The van der Waals surface area contributed by atoms with E-state index in [-0.39, 0.29) is 13.0 Å². The Hall–Kier alpha value is -3.23. The summed E-state index contributed by atoms with van der Waals surface area (Å²) in [6, 6.07) is 11.0. The van der Waals surface area contributed by atoms with Gasteiger partial charge < -0.3 is 14.2 Å². The zero-order chi connectivity index (χ0) is 22.3. The van der Waals surface area contributed by atoms with Crippen LogP contribution < -0.4 is 9.47 Å². The fourth-order valence-corrected chi connectivity index (χ4v) is 2.97. The van der Waals surface area contributed by atoms with Gasteiger partial charge in [-0.05, 0) is 23.3 Å². The van der Waals surface area contributed by atoms with Gasteiger partial charge in [0.2, 0.25) is 0 Å². The summed E-state index contributed by atoms with van der Waals surface area (Å²) in [5.41, 5.74) is 0.910. The number of hydrogen-bond donors (Lipinski definition) is 0. The number of carbonyl (C=O) groups is 2. The maximum absolute atomic E-state index is 13.3. The van der Waals surface area contributed by atoms with Crippen molar-refractivity contribution in [3.05, 3.63) is 59.7 Å². The van der Waals surface area contributed by atoms with Gasteiger partial charge in [0, 0.05) is 13.0 Å². The minimum Gasteiger partial charge on any atom is -0.493 e. The monoisotopic (exact) mass is 425 g/mol. The molecule has 2 rings (SSSR count). The SMILES string of the molecule is COC(=O)N(Cc1ccc(OC)c(OC)c1)C(Cc1ccccc1)C(=O)C(F)(F)F. The van der Waals surface area contributed by atoms with Crippen molar-refractivity contribution >= 4 is 11.9 Å². The number of benzene rings is 2. The van der Waals surface area contributed by atoms with Crippen molar-refractivity contribution in [3.63, 3.8) is 0 Å². The molecule has 1 amide bonds. The lowest BCUT2D eigenvalue weighted by Crippen LogP contribution is -2.50. The van der Waals surface area contributed by atoms with E-state index in [0.717, 1.165) is 12.0 Å². The van der Waals surface area contributed by atoms with E-state index >= 15 is 0 Å². The van der Waals surface area contributed by atoms with Crippen LogP contribution in [-0.2, 0) is 22.5 Å². The molecule has 0 N–H and O–H groups in total. The molecule has 2 aromatic rings. The highest BCUT2D eigenvalue weighted by Gasteiger charge is 2.47. The molecule has 6 nitrogen and oxygen atoms in total. The van der Waals surface area contributed by atoms with Gasteiger partial charge in [0.05, 0.1) is 21.3 Å². The molecule has 0 radical (unpaired) electrons. The second-order valence-corrected chi connectivity index (χ2v) is 6.35. The Morgan fingerprint density at radius 1 is 0.933 bits per heavy atom. The Morgan fingerprint density at radius 3 is 2.10 bits per heavy atom. The minimum atomic E-state index is -5.12. The van der Waals surface area contributed by atoms with Crippen LogP contribution in [-0.4, -0.2) is 50.3 Å². The van der Waals surface area contributed by atoms with Crippen LogP contribution in [0.4, 0.5) is 18.0 Å². The molecular formula is C21H22F3NO5. The highest BCUT2D eigenvalue weighted by atomic mass is 19.4. The van der Waals surface area contributed by atoms with Crippen LogP contribution in [0.15, 0.2) is 48.5 Å². The number of methoxy groups -OCH3 is 3. The lowest BCUT2D eigenvalue weighted by Gasteiger charge is -2.30. The fraction of sp³-hybridized carbons (Fsp3) is 0.333. The number of amides is 1. The van der Waals surface area contributed by atoms with Crippen molar-refractivity contribution in [1.82, 2.24) is 4.90 Å². The number of Topliss-reactive ketones (excluding diaryl/α,β-unsaturated/α-hetero) is 1. The van der Waals surface area contributed by atoms with Crippen LogP contribution in [0, 0.1) is 0 Å². The Morgan fingerprint density at radius 2 is 1.57 bits per heavy atom. The van der Waals surface area contributed by atoms with Crippen molar-refractivity contribution in [2.45, 2.75) is 25.2 Å². The first-order valence-corrected chi connectivity index (χ1v) is 8.91. The number of rotatable bonds is 8. The average molecular weight is 425 g/mol. The average Bonchev–Trinajstić information content (AvgIpc) is 2.74. The Bertz CT molecular complexity index is 871. The van der Waals surface area contributed by atoms with Gasteiger partial charge in [-0.25, -0.2) is 4.79 Å². The van der Waals surface area contributed by atoms with Crippen molar-refractivity contribution in [3.8, 4) is 11.5 Å². The van der Waals surface area contributed by atoms with Crippen LogP contribution in [0.1, 0.15) is 11.1 Å². The van der Waals surface area contributed by atoms with Crippen molar-refractivity contribution in [2.24, 2.45) is 0 Å². The van der Waals surface area contributed by atoms with Gasteiger partial charge in [-0.15, -0.1) is 0 Å². The topological polar surface area (TPSA) is 65.1 Å². The molecule has 30 heavy (non-hydrogen) atoms. The molecule has 1 atom stereocenters. The molecule has 0 fully saturated rings. The molecule has 0 spiro atoms. The van der Waals surface area contributed by atoms with Crippen LogP contribution in [0.2, 0.25) is 0 Å². The highest BCUT2D eigenvalue weighted by molar-refractivity contribution is 5.92. The van der Waals surface area contributed by atoms with E-state index in [1.165, 1.54) is 20.3 Å². The molecule has 0 aromatic heterocycles. The van der Waals surface area contributed by atoms with E-state index in [4.69, 9.17) is 9.47 Å². The molecular weight excluding hydrogens is 403 g/mol. The molecule has 0 heterocycles. The molecule has 0 saturated heterocycles. The number of nitrogens with zero attached hydrogens (tertiary/aromatic N) is 1. The largest absolute Gasteiger partial charge is 0.493 e. The summed E-state index contributed by atoms with van der Waals surface area (Å²) in [6.07, 6.45) is -6.49. The summed E-state index contributed by atoms with van der Waals surface area (Å²) in [5, 5.41) is 0. The van der Waals surface area contributed by atoms with E-state index in [9.17, 15) is 22.8 Å². The van der Waals surface area contributed by atoms with E-state index < -0.39 is 24.1 Å². The quantitative estimate of drug-likeness (QED) is 0.639. The van der Waals surface area contributed by atoms with Crippen LogP contribution in [0.25, 0.3) is 0 Å².